The number of amides is 1. The van der Waals surface area contributed by atoms with Crippen LogP contribution in [0.15, 0.2) is 53.3 Å². The van der Waals surface area contributed by atoms with Gasteiger partial charge in [-0.15, -0.1) is 11.3 Å². The number of thiazole rings is 1. The van der Waals surface area contributed by atoms with Crippen LogP contribution in [-0.4, -0.2) is 27.8 Å². The summed E-state index contributed by atoms with van der Waals surface area (Å²) in [7, 11) is 1.58. The summed E-state index contributed by atoms with van der Waals surface area (Å²) in [4.78, 5) is 29.8. The topological polar surface area (TPSA) is 86.1 Å². The van der Waals surface area contributed by atoms with Gasteiger partial charge in [-0.1, -0.05) is 29.8 Å². The number of hydrogen-bond donors (Lipinski definition) is 1. The van der Waals surface area contributed by atoms with Crippen LogP contribution in [0.5, 0.6) is 5.75 Å². The van der Waals surface area contributed by atoms with Crippen LogP contribution in [0.3, 0.4) is 0 Å². The molecule has 30 heavy (non-hydrogen) atoms. The van der Waals surface area contributed by atoms with Crippen LogP contribution in [0.2, 0.25) is 0 Å². The first-order chi connectivity index (χ1) is 14.4. The van der Waals surface area contributed by atoms with Gasteiger partial charge in [0, 0.05) is 11.3 Å². The molecule has 2 aromatic carbocycles. The average Bonchev–Trinajstić information content (AvgIpc) is 3.13. The predicted octanol–water partition coefficient (Wildman–Crippen LogP) is 3.78. The summed E-state index contributed by atoms with van der Waals surface area (Å²) in [5, 5.41) is 8.07. The van der Waals surface area contributed by atoms with Crippen LogP contribution >= 0.6 is 11.3 Å². The van der Waals surface area contributed by atoms with Gasteiger partial charge in [0.25, 0.3) is 5.56 Å². The molecular weight excluding hydrogens is 400 g/mol. The normalized spacial score (nSPS) is 10.9. The second-order valence-corrected chi connectivity index (χ2v) is 8.07. The molecule has 0 saturated heterocycles. The maximum Gasteiger partial charge on any atom is 0.294 e. The number of methoxy groups -OCH3 is 1. The van der Waals surface area contributed by atoms with Crippen molar-refractivity contribution in [3.63, 3.8) is 0 Å². The number of fused-ring (bicyclic) bond motifs is 1. The lowest BCUT2D eigenvalue weighted by atomic mass is 10.1. The van der Waals surface area contributed by atoms with Crippen molar-refractivity contribution in [1.82, 2.24) is 14.8 Å². The first kappa shape index (κ1) is 19.8. The standard InChI is InChI=1S/C22H20N4O3S/c1-13-4-6-15(7-5-13)19-21-20(23-14(2)30-21)22(28)26(25-19)12-18(27)24-16-8-10-17(29-3)11-9-16/h4-11H,12H2,1-3H3,(H,24,27). The lowest BCUT2D eigenvalue weighted by Crippen LogP contribution is -2.30. The van der Waals surface area contributed by atoms with Gasteiger partial charge in [0.2, 0.25) is 5.91 Å². The summed E-state index contributed by atoms with van der Waals surface area (Å²) in [6.07, 6.45) is 0. The molecule has 0 aliphatic rings. The number of carbonyl (C=O) groups is 1. The van der Waals surface area contributed by atoms with Gasteiger partial charge < -0.3 is 10.1 Å². The van der Waals surface area contributed by atoms with E-state index in [9.17, 15) is 9.59 Å². The van der Waals surface area contributed by atoms with Crippen LogP contribution in [0, 0.1) is 13.8 Å². The molecule has 0 atom stereocenters. The van der Waals surface area contributed by atoms with E-state index < -0.39 is 0 Å². The number of anilines is 1. The highest BCUT2D eigenvalue weighted by Gasteiger charge is 2.18. The first-order valence-corrected chi connectivity index (χ1v) is 10.2. The van der Waals surface area contributed by atoms with E-state index >= 15 is 0 Å². The molecule has 0 bridgehead atoms. The number of rotatable bonds is 5. The molecule has 7 nitrogen and oxygen atoms in total. The Kier molecular flexibility index (Phi) is 5.33. The highest BCUT2D eigenvalue weighted by atomic mass is 32.1. The van der Waals surface area contributed by atoms with Crippen molar-refractivity contribution in [3.05, 3.63) is 69.5 Å². The van der Waals surface area contributed by atoms with Crippen LogP contribution < -0.4 is 15.6 Å². The molecule has 0 unspecified atom stereocenters. The Morgan fingerprint density at radius 3 is 2.47 bits per heavy atom. The number of ether oxygens (including phenoxy) is 1. The molecular formula is C22H20N4O3S. The molecule has 0 spiro atoms. The second kappa shape index (κ2) is 8.08. The monoisotopic (exact) mass is 420 g/mol. The van der Waals surface area contributed by atoms with Crippen molar-refractivity contribution in [2.45, 2.75) is 20.4 Å². The molecule has 0 aliphatic heterocycles. The maximum atomic E-state index is 12.9. The van der Waals surface area contributed by atoms with E-state index in [1.54, 1.807) is 31.4 Å². The van der Waals surface area contributed by atoms with Gasteiger partial charge in [0.1, 0.15) is 18.0 Å². The molecule has 4 rings (SSSR count). The Balaban J connectivity index is 1.69. The summed E-state index contributed by atoms with van der Waals surface area (Å²) in [5.74, 6) is 0.342. The van der Waals surface area contributed by atoms with Crippen molar-refractivity contribution in [2.75, 3.05) is 12.4 Å². The summed E-state index contributed by atoms with van der Waals surface area (Å²) in [6, 6.07) is 14.9. The molecule has 2 heterocycles. The SMILES string of the molecule is COc1ccc(NC(=O)Cn2nc(-c3ccc(C)cc3)c3sc(C)nc3c2=O)cc1. The van der Waals surface area contributed by atoms with E-state index in [4.69, 9.17) is 4.74 Å². The van der Waals surface area contributed by atoms with Gasteiger partial charge in [-0.2, -0.15) is 5.10 Å². The first-order valence-electron chi connectivity index (χ1n) is 9.34. The Morgan fingerprint density at radius 1 is 1.10 bits per heavy atom. The lowest BCUT2D eigenvalue weighted by Gasteiger charge is -2.10. The smallest absolute Gasteiger partial charge is 0.294 e. The van der Waals surface area contributed by atoms with E-state index in [2.05, 4.69) is 15.4 Å². The van der Waals surface area contributed by atoms with Gasteiger partial charge in [0.15, 0.2) is 5.52 Å². The van der Waals surface area contributed by atoms with E-state index in [1.807, 2.05) is 38.1 Å². The fourth-order valence-electron chi connectivity index (χ4n) is 3.08. The molecule has 0 saturated carbocycles. The lowest BCUT2D eigenvalue weighted by molar-refractivity contribution is -0.117. The second-order valence-electron chi connectivity index (χ2n) is 6.86. The zero-order valence-corrected chi connectivity index (χ0v) is 17.6. The van der Waals surface area contributed by atoms with E-state index in [1.165, 1.54) is 16.0 Å². The molecule has 0 fully saturated rings. The number of nitrogens with zero attached hydrogens (tertiary/aromatic N) is 3. The Bertz CT molecular complexity index is 1270. The zero-order chi connectivity index (χ0) is 21.3. The van der Waals surface area contributed by atoms with Crippen molar-refractivity contribution < 1.29 is 9.53 Å². The minimum atomic E-state index is -0.380. The Morgan fingerprint density at radius 2 is 1.80 bits per heavy atom. The maximum absolute atomic E-state index is 12.9. The summed E-state index contributed by atoms with van der Waals surface area (Å²) < 4.78 is 7.02. The van der Waals surface area contributed by atoms with Crippen molar-refractivity contribution in [1.29, 1.82) is 0 Å². The summed E-state index contributed by atoms with van der Waals surface area (Å²) >= 11 is 1.43. The van der Waals surface area contributed by atoms with E-state index in [0.717, 1.165) is 20.8 Å². The van der Waals surface area contributed by atoms with Crippen molar-refractivity contribution >= 4 is 33.1 Å². The molecule has 0 radical (unpaired) electrons. The highest BCUT2D eigenvalue weighted by Crippen LogP contribution is 2.29. The van der Waals surface area contributed by atoms with Gasteiger partial charge in [-0.3, -0.25) is 9.59 Å². The van der Waals surface area contributed by atoms with Crippen LogP contribution in [0.25, 0.3) is 21.5 Å². The Hall–Kier alpha value is -3.52. The number of hydrogen-bond acceptors (Lipinski definition) is 6. The fourth-order valence-corrected chi connectivity index (χ4v) is 4.00. The van der Waals surface area contributed by atoms with Crippen LogP contribution in [0.1, 0.15) is 10.6 Å². The average molecular weight is 420 g/mol. The van der Waals surface area contributed by atoms with Gasteiger partial charge >= 0.3 is 0 Å². The Labute approximate surface area is 177 Å². The van der Waals surface area contributed by atoms with Crippen molar-refractivity contribution in [3.8, 4) is 17.0 Å². The highest BCUT2D eigenvalue weighted by molar-refractivity contribution is 7.19. The third kappa shape index (κ3) is 3.95. The van der Waals surface area contributed by atoms with Crippen LogP contribution in [-0.2, 0) is 11.3 Å². The molecule has 8 heteroatoms. The minimum Gasteiger partial charge on any atom is -0.497 e. The van der Waals surface area contributed by atoms with Crippen LogP contribution in [0.4, 0.5) is 5.69 Å². The molecule has 152 valence electrons. The minimum absolute atomic E-state index is 0.212. The summed E-state index contributed by atoms with van der Waals surface area (Å²) in [5.41, 5.74) is 3.21. The number of nitrogens with one attached hydrogen (secondary N) is 1. The van der Waals surface area contributed by atoms with Crippen molar-refractivity contribution in [2.24, 2.45) is 0 Å². The van der Waals surface area contributed by atoms with Gasteiger partial charge in [-0.25, -0.2) is 9.67 Å². The van der Waals surface area contributed by atoms with Gasteiger partial charge in [-0.05, 0) is 38.1 Å². The molecule has 4 aromatic rings. The number of carbonyl (C=O) groups excluding carboxylic acids is 1. The number of benzene rings is 2. The van der Waals surface area contributed by atoms with Gasteiger partial charge in [0.05, 0.1) is 16.8 Å². The summed E-state index contributed by atoms with van der Waals surface area (Å²) in [6.45, 7) is 3.65. The zero-order valence-electron chi connectivity index (χ0n) is 16.8. The quantitative estimate of drug-likeness (QED) is 0.531. The predicted molar refractivity (Wildman–Crippen MR) is 118 cm³/mol. The third-order valence-corrected chi connectivity index (χ3v) is 5.58. The molecule has 1 amide bonds. The number of aromatic nitrogens is 3. The number of aryl methyl sites for hydroxylation is 2. The van der Waals surface area contributed by atoms with E-state index in [-0.39, 0.29) is 18.0 Å². The third-order valence-electron chi connectivity index (χ3n) is 4.60. The van der Waals surface area contributed by atoms with E-state index in [0.29, 0.717) is 22.6 Å². The molecule has 1 N–H and O–H groups in total. The molecule has 2 aromatic heterocycles. The largest absolute Gasteiger partial charge is 0.497 e. The fraction of sp³-hybridized carbons (Fsp3) is 0.182. The molecule has 0 aliphatic carbocycles.